The SMILES string of the molecule is O=C(OC[C@H](Cl)[C@@H](OC(=O)c1ccccc1)[C@H](F)/C=N/OCc1ccccc1)c1ccccc1. The van der Waals surface area contributed by atoms with Gasteiger partial charge in [-0.1, -0.05) is 71.9 Å². The molecule has 0 unspecified atom stereocenters. The summed E-state index contributed by atoms with van der Waals surface area (Å²) < 4.78 is 25.6. The molecule has 0 saturated carbocycles. The van der Waals surface area contributed by atoms with Gasteiger partial charge in [0.05, 0.1) is 17.3 Å². The highest BCUT2D eigenvalue weighted by Gasteiger charge is 2.33. The molecular formula is C26H23ClFNO5. The van der Waals surface area contributed by atoms with Crippen LogP contribution in [0.5, 0.6) is 0 Å². The van der Waals surface area contributed by atoms with E-state index in [2.05, 4.69) is 5.16 Å². The molecule has 3 aromatic rings. The third-order valence-corrected chi connectivity index (χ3v) is 5.03. The molecule has 6 nitrogen and oxygen atoms in total. The van der Waals surface area contributed by atoms with Gasteiger partial charge in [0, 0.05) is 0 Å². The Morgan fingerprint density at radius 2 is 1.38 bits per heavy atom. The van der Waals surface area contributed by atoms with Crippen LogP contribution in [0, 0.1) is 0 Å². The molecule has 0 fully saturated rings. The van der Waals surface area contributed by atoms with Crippen molar-refractivity contribution in [1.82, 2.24) is 0 Å². The first-order valence-electron chi connectivity index (χ1n) is 10.5. The van der Waals surface area contributed by atoms with E-state index in [4.69, 9.17) is 25.9 Å². The van der Waals surface area contributed by atoms with E-state index in [1.807, 2.05) is 30.3 Å². The van der Waals surface area contributed by atoms with Crippen molar-refractivity contribution in [3.8, 4) is 0 Å². The number of alkyl halides is 2. The predicted octanol–water partition coefficient (Wildman–Crippen LogP) is 5.22. The van der Waals surface area contributed by atoms with Crippen LogP contribution in [0.4, 0.5) is 4.39 Å². The number of hydrogen-bond acceptors (Lipinski definition) is 6. The molecule has 3 aromatic carbocycles. The number of carbonyl (C=O) groups excluding carboxylic acids is 2. The fourth-order valence-electron chi connectivity index (χ4n) is 2.88. The number of ether oxygens (including phenoxy) is 2. The maximum Gasteiger partial charge on any atom is 0.338 e. The summed E-state index contributed by atoms with van der Waals surface area (Å²) in [6.45, 7) is -0.251. The van der Waals surface area contributed by atoms with Gasteiger partial charge in [-0.05, 0) is 29.8 Å². The Labute approximate surface area is 201 Å². The smallest absolute Gasteiger partial charge is 0.338 e. The Hall–Kier alpha value is -3.71. The van der Waals surface area contributed by atoms with E-state index >= 15 is 4.39 Å². The van der Waals surface area contributed by atoms with E-state index in [9.17, 15) is 9.59 Å². The van der Waals surface area contributed by atoms with Crippen LogP contribution in [0.15, 0.2) is 96.2 Å². The average Bonchev–Trinajstić information content (AvgIpc) is 2.89. The highest BCUT2D eigenvalue weighted by Crippen LogP contribution is 2.18. The molecule has 0 saturated heterocycles. The second-order valence-electron chi connectivity index (χ2n) is 7.17. The molecule has 0 spiro atoms. The number of oxime groups is 1. The summed E-state index contributed by atoms with van der Waals surface area (Å²) in [6.07, 6.45) is -2.54. The Kier molecular flexibility index (Phi) is 9.61. The van der Waals surface area contributed by atoms with Crippen LogP contribution in [0.25, 0.3) is 0 Å². The Morgan fingerprint density at radius 3 is 1.97 bits per heavy atom. The molecule has 0 aliphatic rings. The minimum Gasteiger partial charge on any atom is -0.460 e. The first kappa shape index (κ1) is 24.9. The number of hydrogen-bond donors (Lipinski definition) is 0. The molecule has 0 radical (unpaired) electrons. The van der Waals surface area contributed by atoms with Crippen LogP contribution >= 0.6 is 11.6 Å². The van der Waals surface area contributed by atoms with Gasteiger partial charge in [0.15, 0.2) is 12.3 Å². The van der Waals surface area contributed by atoms with Crippen LogP contribution in [-0.2, 0) is 20.9 Å². The predicted molar refractivity (Wildman–Crippen MR) is 127 cm³/mol. The lowest BCUT2D eigenvalue weighted by Gasteiger charge is -2.23. The summed E-state index contributed by atoms with van der Waals surface area (Å²) in [5, 5.41) is 2.45. The lowest BCUT2D eigenvalue weighted by molar-refractivity contribution is 0.00651. The molecule has 0 aromatic heterocycles. The van der Waals surface area contributed by atoms with Gasteiger partial charge in [-0.2, -0.15) is 0 Å². The molecule has 0 aliphatic carbocycles. The highest BCUT2D eigenvalue weighted by atomic mass is 35.5. The van der Waals surface area contributed by atoms with Crippen LogP contribution in [-0.4, -0.2) is 42.4 Å². The van der Waals surface area contributed by atoms with Gasteiger partial charge in [0.25, 0.3) is 0 Å². The zero-order chi connectivity index (χ0) is 24.2. The lowest BCUT2D eigenvalue weighted by Crippen LogP contribution is -2.40. The largest absolute Gasteiger partial charge is 0.460 e. The molecule has 0 aliphatic heterocycles. The number of carbonyl (C=O) groups is 2. The Morgan fingerprint density at radius 1 is 0.853 bits per heavy atom. The standard InChI is InChI=1S/C26H23ClFNO5/c27-22(18-32-25(30)20-12-6-2-7-13-20)24(34-26(31)21-14-8-3-9-15-21)23(28)16-29-33-17-19-10-4-1-5-11-19/h1-16,22-24H,17-18H2/b29-16+/t22-,23+,24+/m0/s1. The van der Waals surface area contributed by atoms with E-state index in [0.29, 0.717) is 5.56 Å². The molecule has 0 bridgehead atoms. The van der Waals surface area contributed by atoms with Crippen molar-refractivity contribution in [2.75, 3.05) is 6.61 Å². The summed E-state index contributed by atoms with van der Waals surface area (Å²) in [7, 11) is 0. The third kappa shape index (κ3) is 7.71. The van der Waals surface area contributed by atoms with Crippen molar-refractivity contribution in [1.29, 1.82) is 0 Å². The zero-order valence-electron chi connectivity index (χ0n) is 18.1. The van der Waals surface area contributed by atoms with Gasteiger partial charge in [0.2, 0.25) is 0 Å². The van der Waals surface area contributed by atoms with Gasteiger partial charge < -0.3 is 14.3 Å². The normalized spacial score (nSPS) is 13.6. The van der Waals surface area contributed by atoms with Crippen molar-refractivity contribution in [3.05, 3.63) is 108 Å². The number of halogens is 2. The minimum atomic E-state index is -1.92. The maximum atomic E-state index is 15.0. The van der Waals surface area contributed by atoms with Crippen LogP contribution in [0.1, 0.15) is 26.3 Å². The Balaban J connectivity index is 1.64. The van der Waals surface area contributed by atoms with Crippen LogP contribution < -0.4 is 0 Å². The van der Waals surface area contributed by atoms with Crippen molar-refractivity contribution in [2.45, 2.75) is 24.3 Å². The summed E-state index contributed by atoms with van der Waals surface area (Å²) in [4.78, 5) is 29.8. The number of benzene rings is 3. The summed E-state index contributed by atoms with van der Waals surface area (Å²) >= 11 is 6.32. The van der Waals surface area contributed by atoms with Gasteiger partial charge in [-0.25, -0.2) is 14.0 Å². The van der Waals surface area contributed by atoms with E-state index in [1.54, 1.807) is 48.5 Å². The second-order valence-corrected chi connectivity index (χ2v) is 7.73. The van der Waals surface area contributed by atoms with Crippen molar-refractivity contribution in [3.63, 3.8) is 0 Å². The lowest BCUT2D eigenvalue weighted by atomic mass is 10.1. The number of esters is 2. The van der Waals surface area contributed by atoms with E-state index in [-0.39, 0.29) is 18.8 Å². The number of nitrogens with zero attached hydrogens (tertiary/aromatic N) is 1. The van der Waals surface area contributed by atoms with Crippen molar-refractivity contribution >= 4 is 29.8 Å². The summed E-state index contributed by atoms with van der Waals surface area (Å²) in [5.74, 6) is -1.40. The van der Waals surface area contributed by atoms with Crippen LogP contribution in [0.3, 0.4) is 0 Å². The molecule has 3 atom stereocenters. The van der Waals surface area contributed by atoms with Gasteiger partial charge in [0.1, 0.15) is 18.6 Å². The van der Waals surface area contributed by atoms with Gasteiger partial charge >= 0.3 is 11.9 Å². The highest BCUT2D eigenvalue weighted by molar-refractivity contribution is 6.21. The van der Waals surface area contributed by atoms with Crippen molar-refractivity contribution < 1.29 is 28.3 Å². The molecule has 0 N–H and O–H groups in total. The first-order valence-corrected chi connectivity index (χ1v) is 10.9. The van der Waals surface area contributed by atoms with Crippen LogP contribution in [0.2, 0.25) is 0 Å². The second kappa shape index (κ2) is 13.1. The fraction of sp³-hybridized carbons (Fsp3) is 0.192. The van der Waals surface area contributed by atoms with E-state index < -0.39 is 29.6 Å². The molecular weight excluding hydrogens is 461 g/mol. The maximum absolute atomic E-state index is 15.0. The molecule has 0 amide bonds. The molecule has 34 heavy (non-hydrogen) atoms. The van der Waals surface area contributed by atoms with Crippen molar-refractivity contribution in [2.24, 2.45) is 5.16 Å². The van der Waals surface area contributed by atoms with E-state index in [0.717, 1.165) is 11.8 Å². The number of rotatable bonds is 11. The first-order chi connectivity index (χ1) is 16.5. The molecule has 8 heteroatoms. The van der Waals surface area contributed by atoms with Gasteiger partial charge in [-0.15, -0.1) is 11.6 Å². The zero-order valence-corrected chi connectivity index (χ0v) is 18.9. The third-order valence-electron chi connectivity index (χ3n) is 4.66. The topological polar surface area (TPSA) is 74.2 Å². The Bertz CT molecular complexity index is 1070. The molecule has 0 heterocycles. The summed E-state index contributed by atoms with van der Waals surface area (Å²) in [6, 6.07) is 25.6. The molecule has 3 rings (SSSR count). The van der Waals surface area contributed by atoms with Gasteiger partial charge in [-0.3, -0.25) is 0 Å². The molecule has 176 valence electrons. The van der Waals surface area contributed by atoms with E-state index in [1.165, 1.54) is 12.1 Å². The average molecular weight is 484 g/mol. The minimum absolute atomic E-state index is 0.136. The fourth-order valence-corrected chi connectivity index (χ4v) is 3.14. The summed E-state index contributed by atoms with van der Waals surface area (Å²) in [5.41, 5.74) is 1.39. The quantitative estimate of drug-likeness (QED) is 0.162. The monoisotopic (exact) mass is 483 g/mol.